The summed E-state index contributed by atoms with van der Waals surface area (Å²) >= 11 is 4.46. The van der Waals surface area contributed by atoms with E-state index in [1.807, 2.05) is 0 Å². The van der Waals surface area contributed by atoms with E-state index in [1.54, 1.807) is 0 Å². The predicted octanol–water partition coefficient (Wildman–Crippen LogP) is 1.77. The lowest BCUT2D eigenvalue weighted by molar-refractivity contribution is -0.384. The van der Waals surface area contributed by atoms with Gasteiger partial charge in [0.25, 0.3) is 5.69 Å². The fourth-order valence-corrected chi connectivity index (χ4v) is 1.82. The maximum atomic E-state index is 11.5. The van der Waals surface area contributed by atoms with Crippen molar-refractivity contribution in [2.75, 3.05) is 13.1 Å². The second kappa shape index (κ2) is 9.98. The van der Waals surface area contributed by atoms with Gasteiger partial charge in [-0.25, -0.2) is 4.79 Å². The molecule has 0 aromatic heterocycles. The predicted molar refractivity (Wildman–Crippen MR) is 93.3 cm³/mol. The molecule has 2 amide bonds. The van der Waals surface area contributed by atoms with Crippen molar-refractivity contribution in [3.05, 3.63) is 52.1 Å². The van der Waals surface area contributed by atoms with Crippen LogP contribution in [-0.4, -0.2) is 40.2 Å². The minimum Gasteiger partial charge on any atom is -0.502 e. The molecule has 9 nitrogen and oxygen atoms in total. The summed E-state index contributed by atoms with van der Waals surface area (Å²) in [6, 6.07) is 5.61. The van der Waals surface area contributed by atoms with Gasteiger partial charge in [0, 0.05) is 37.2 Å². The Morgan fingerprint density at radius 2 is 1.84 bits per heavy atom. The summed E-state index contributed by atoms with van der Waals surface area (Å²) in [6.45, 7) is 3.70. The Bertz CT molecular complexity index is 674. The first kappa shape index (κ1) is 20.0. The lowest BCUT2D eigenvalue weighted by Crippen LogP contribution is -2.35. The largest absolute Gasteiger partial charge is 0.502 e. The molecule has 25 heavy (non-hydrogen) atoms. The summed E-state index contributed by atoms with van der Waals surface area (Å²) < 4.78 is 4.94. The van der Waals surface area contributed by atoms with Gasteiger partial charge < -0.3 is 20.5 Å². The summed E-state index contributed by atoms with van der Waals surface area (Å²) in [5, 5.41) is 24.0. The zero-order chi connectivity index (χ0) is 18.8. The van der Waals surface area contributed by atoms with Crippen molar-refractivity contribution in [1.29, 1.82) is 0 Å². The number of benzene rings is 1. The first-order chi connectivity index (χ1) is 11.8. The molecule has 0 spiro atoms. The van der Waals surface area contributed by atoms with Gasteiger partial charge in [0.15, 0.2) is 5.05 Å². The Hall–Kier alpha value is -3.01. The van der Waals surface area contributed by atoms with Crippen LogP contribution < -0.4 is 10.6 Å². The molecule has 134 valence electrons. The fraction of sp³-hybridized carbons (Fsp3) is 0.267. The number of hydrogen-bond acceptors (Lipinski definition) is 6. The Morgan fingerprint density at radius 1 is 1.24 bits per heavy atom. The molecule has 0 aliphatic heterocycles. The van der Waals surface area contributed by atoms with E-state index in [4.69, 9.17) is 9.84 Å². The number of alkyl carbamates (subject to hydrolysis) is 1. The van der Waals surface area contributed by atoms with E-state index in [1.165, 1.54) is 24.3 Å². The Morgan fingerprint density at radius 3 is 2.40 bits per heavy atom. The van der Waals surface area contributed by atoms with Crippen molar-refractivity contribution in [1.82, 2.24) is 10.6 Å². The highest BCUT2D eigenvalue weighted by Crippen LogP contribution is 2.12. The molecule has 1 aromatic rings. The van der Waals surface area contributed by atoms with Gasteiger partial charge in [-0.1, -0.05) is 6.58 Å². The number of carbonyl (C=O) groups excluding carboxylic acids is 2. The number of aliphatic hydroxyl groups excluding tert-OH is 1. The number of ether oxygens (including phenoxy) is 1. The number of nitrogens with zero attached hydrogens (tertiary/aromatic N) is 1. The number of rotatable bonds is 9. The normalized spacial score (nSPS) is 9.76. The van der Waals surface area contributed by atoms with Crippen LogP contribution in [0.5, 0.6) is 0 Å². The SMILES string of the molecule is C=C(CC(O)=S)C(=O)NCCNC(=O)OCc1ccc([N+](=O)[O-])cc1. The number of thiocarbonyl (C=S) groups is 1. The molecule has 0 atom stereocenters. The molecule has 3 N–H and O–H groups in total. The van der Waals surface area contributed by atoms with E-state index < -0.39 is 16.9 Å². The zero-order valence-corrected chi connectivity index (χ0v) is 14.0. The maximum absolute atomic E-state index is 11.5. The second-order valence-electron chi connectivity index (χ2n) is 4.86. The van der Waals surface area contributed by atoms with Crippen molar-refractivity contribution in [3.63, 3.8) is 0 Å². The van der Waals surface area contributed by atoms with Crippen LogP contribution in [0.4, 0.5) is 10.5 Å². The molecule has 0 unspecified atom stereocenters. The monoisotopic (exact) mass is 367 g/mol. The summed E-state index contributed by atoms with van der Waals surface area (Å²) in [6.07, 6.45) is -0.783. The number of amides is 2. The highest BCUT2D eigenvalue weighted by atomic mass is 32.1. The van der Waals surface area contributed by atoms with Gasteiger partial charge in [-0.15, -0.1) is 0 Å². The molecule has 0 fully saturated rings. The molecule has 0 saturated carbocycles. The number of non-ortho nitro benzene ring substituents is 1. The lowest BCUT2D eigenvalue weighted by Gasteiger charge is -2.09. The minimum absolute atomic E-state index is 0.0407. The molecule has 0 bridgehead atoms. The summed E-state index contributed by atoms with van der Waals surface area (Å²) in [4.78, 5) is 33.0. The van der Waals surface area contributed by atoms with Crippen LogP contribution in [0.1, 0.15) is 12.0 Å². The molecular formula is C15H17N3O6S. The first-order valence-corrected chi connectivity index (χ1v) is 7.52. The van der Waals surface area contributed by atoms with Crippen molar-refractivity contribution in [3.8, 4) is 0 Å². The van der Waals surface area contributed by atoms with Crippen LogP contribution in [0.25, 0.3) is 0 Å². The van der Waals surface area contributed by atoms with E-state index in [0.29, 0.717) is 5.56 Å². The number of nitro benzene ring substituents is 1. The van der Waals surface area contributed by atoms with Crippen molar-refractivity contribution in [2.45, 2.75) is 13.0 Å². The molecule has 0 heterocycles. The number of hydrogen-bond donors (Lipinski definition) is 3. The Balaban J connectivity index is 2.22. The highest BCUT2D eigenvalue weighted by molar-refractivity contribution is 7.80. The molecular weight excluding hydrogens is 350 g/mol. The van der Waals surface area contributed by atoms with Gasteiger partial charge in [-0.2, -0.15) is 0 Å². The van der Waals surface area contributed by atoms with Crippen LogP contribution in [0.2, 0.25) is 0 Å². The molecule has 0 radical (unpaired) electrons. The summed E-state index contributed by atoms with van der Waals surface area (Å²) in [5.41, 5.74) is 0.672. The van der Waals surface area contributed by atoms with Crippen LogP contribution in [0.3, 0.4) is 0 Å². The average molecular weight is 367 g/mol. The smallest absolute Gasteiger partial charge is 0.407 e. The molecule has 0 aliphatic carbocycles. The Kier molecular flexibility index (Phi) is 8.00. The van der Waals surface area contributed by atoms with Gasteiger partial charge in [-0.3, -0.25) is 14.9 Å². The van der Waals surface area contributed by atoms with Gasteiger partial charge in [0.1, 0.15) is 6.61 Å². The molecule has 10 heteroatoms. The van der Waals surface area contributed by atoms with Crippen LogP contribution in [0.15, 0.2) is 36.4 Å². The third-order valence-corrected chi connectivity index (χ3v) is 3.03. The summed E-state index contributed by atoms with van der Waals surface area (Å²) in [5.74, 6) is -0.475. The van der Waals surface area contributed by atoms with E-state index in [0.717, 1.165) is 0 Å². The van der Waals surface area contributed by atoms with Crippen LogP contribution in [-0.2, 0) is 16.1 Å². The Labute approximate surface area is 148 Å². The van der Waals surface area contributed by atoms with E-state index in [9.17, 15) is 19.7 Å². The molecule has 0 aliphatic rings. The van der Waals surface area contributed by atoms with Gasteiger partial charge >= 0.3 is 6.09 Å². The third-order valence-electron chi connectivity index (χ3n) is 2.88. The van der Waals surface area contributed by atoms with Gasteiger partial charge in [-0.05, 0) is 29.9 Å². The van der Waals surface area contributed by atoms with E-state index in [2.05, 4.69) is 29.4 Å². The number of aliphatic hydroxyl groups is 1. The van der Waals surface area contributed by atoms with Gasteiger partial charge in [0.05, 0.1) is 4.92 Å². The van der Waals surface area contributed by atoms with Crippen molar-refractivity contribution >= 4 is 35.0 Å². The summed E-state index contributed by atoms with van der Waals surface area (Å²) in [7, 11) is 0. The topological polar surface area (TPSA) is 131 Å². The van der Waals surface area contributed by atoms with E-state index >= 15 is 0 Å². The van der Waals surface area contributed by atoms with Crippen molar-refractivity contribution < 1.29 is 24.4 Å². The molecule has 0 saturated heterocycles. The number of nitro groups is 1. The maximum Gasteiger partial charge on any atom is 0.407 e. The minimum atomic E-state index is -0.692. The standard InChI is InChI=1S/C15H17N3O6S/c1-10(8-13(19)25)14(20)16-6-7-17-15(21)24-9-11-2-4-12(5-3-11)18(22)23/h2-5H,1,6-9H2,(H,16,20)(H,17,21)(H,19,25). The average Bonchev–Trinajstić information content (AvgIpc) is 2.56. The van der Waals surface area contributed by atoms with Crippen molar-refractivity contribution in [2.24, 2.45) is 0 Å². The van der Waals surface area contributed by atoms with Gasteiger partial charge in [0.2, 0.25) is 5.91 Å². The fourth-order valence-electron chi connectivity index (χ4n) is 1.64. The quantitative estimate of drug-likeness (QED) is 0.199. The number of nitrogens with one attached hydrogen (secondary N) is 2. The van der Waals surface area contributed by atoms with E-state index in [-0.39, 0.29) is 42.4 Å². The number of carbonyl (C=O) groups is 2. The first-order valence-electron chi connectivity index (χ1n) is 7.11. The molecule has 1 rings (SSSR count). The zero-order valence-electron chi connectivity index (χ0n) is 13.2. The lowest BCUT2D eigenvalue weighted by atomic mass is 10.2. The van der Waals surface area contributed by atoms with Crippen LogP contribution >= 0.6 is 12.2 Å². The third kappa shape index (κ3) is 7.88. The molecule has 1 aromatic carbocycles. The second-order valence-corrected chi connectivity index (χ2v) is 5.33. The van der Waals surface area contributed by atoms with Crippen LogP contribution in [0, 0.1) is 10.1 Å². The highest BCUT2D eigenvalue weighted by Gasteiger charge is 2.09.